The Bertz CT molecular complexity index is 721. The third-order valence-electron chi connectivity index (χ3n) is 2.67. The molecule has 0 unspecified atom stereocenters. The molecule has 0 aliphatic rings. The second kappa shape index (κ2) is 6.82. The molecule has 0 fully saturated rings. The molecular formula is C15H8Cl3NO2. The molecule has 0 heterocycles. The summed E-state index contributed by atoms with van der Waals surface area (Å²) in [4.78, 5) is 12.0. The second-order valence-electron chi connectivity index (χ2n) is 4.10. The molecule has 0 radical (unpaired) electrons. The molecule has 2 aromatic rings. The number of ether oxygens (including phenoxy) is 1. The van der Waals surface area contributed by atoms with Crippen molar-refractivity contribution in [1.29, 1.82) is 5.26 Å². The van der Waals surface area contributed by atoms with E-state index < -0.39 is 0 Å². The molecule has 0 saturated heterocycles. The maximum atomic E-state index is 12.0. The molecule has 2 rings (SSSR count). The Morgan fingerprint density at radius 1 is 1.05 bits per heavy atom. The van der Waals surface area contributed by atoms with Crippen LogP contribution in [-0.2, 0) is 0 Å². The molecule has 0 aromatic heterocycles. The predicted octanol–water partition coefficient (Wildman–Crippen LogP) is 4.78. The van der Waals surface area contributed by atoms with Crippen molar-refractivity contribution in [1.82, 2.24) is 0 Å². The van der Waals surface area contributed by atoms with Crippen molar-refractivity contribution in [2.75, 3.05) is 6.61 Å². The lowest BCUT2D eigenvalue weighted by Gasteiger charge is -2.08. The molecule has 0 saturated carbocycles. The number of hydrogen-bond donors (Lipinski definition) is 0. The Balaban J connectivity index is 2.07. The van der Waals surface area contributed by atoms with E-state index >= 15 is 0 Å². The van der Waals surface area contributed by atoms with Gasteiger partial charge in [-0.2, -0.15) is 5.26 Å². The van der Waals surface area contributed by atoms with Crippen molar-refractivity contribution in [3.63, 3.8) is 0 Å². The highest BCUT2D eigenvalue weighted by Gasteiger charge is 2.11. The highest BCUT2D eigenvalue weighted by atomic mass is 35.5. The van der Waals surface area contributed by atoms with E-state index in [9.17, 15) is 4.79 Å². The van der Waals surface area contributed by atoms with Gasteiger partial charge in [-0.15, -0.1) is 0 Å². The van der Waals surface area contributed by atoms with Gasteiger partial charge >= 0.3 is 0 Å². The normalized spacial score (nSPS) is 10.0. The van der Waals surface area contributed by atoms with Crippen molar-refractivity contribution in [3.8, 4) is 11.8 Å². The van der Waals surface area contributed by atoms with Crippen molar-refractivity contribution >= 4 is 40.6 Å². The third kappa shape index (κ3) is 3.89. The van der Waals surface area contributed by atoms with E-state index in [-0.39, 0.29) is 23.2 Å². The highest BCUT2D eigenvalue weighted by Crippen LogP contribution is 2.33. The number of benzene rings is 2. The Morgan fingerprint density at radius 2 is 1.67 bits per heavy atom. The van der Waals surface area contributed by atoms with E-state index in [1.165, 1.54) is 12.1 Å². The Labute approximate surface area is 136 Å². The van der Waals surface area contributed by atoms with E-state index in [2.05, 4.69) is 0 Å². The fraction of sp³-hybridized carbons (Fsp3) is 0.0667. The minimum atomic E-state index is -0.235. The van der Waals surface area contributed by atoms with Gasteiger partial charge in [-0.25, -0.2) is 0 Å². The predicted molar refractivity (Wildman–Crippen MR) is 82.5 cm³/mol. The van der Waals surface area contributed by atoms with Crippen molar-refractivity contribution < 1.29 is 9.53 Å². The Hall–Kier alpha value is -1.73. The van der Waals surface area contributed by atoms with Crippen LogP contribution in [0.5, 0.6) is 5.75 Å². The van der Waals surface area contributed by atoms with Crippen molar-refractivity contribution in [3.05, 3.63) is 62.6 Å². The van der Waals surface area contributed by atoms with E-state index in [1.807, 2.05) is 6.07 Å². The number of nitrogens with zero attached hydrogens (tertiary/aromatic N) is 1. The third-order valence-corrected chi connectivity index (χ3v) is 3.69. The monoisotopic (exact) mass is 339 g/mol. The highest BCUT2D eigenvalue weighted by molar-refractivity contribution is 6.43. The van der Waals surface area contributed by atoms with Crippen LogP contribution in [0.25, 0.3) is 0 Å². The summed E-state index contributed by atoms with van der Waals surface area (Å²) in [6.45, 7) is -0.191. The zero-order chi connectivity index (χ0) is 15.4. The van der Waals surface area contributed by atoms with E-state index in [4.69, 9.17) is 44.8 Å². The van der Waals surface area contributed by atoms with Gasteiger partial charge in [0.2, 0.25) is 0 Å². The Morgan fingerprint density at radius 3 is 2.29 bits per heavy atom. The average Bonchev–Trinajstić information content (AvgIpc) is 2.49. The topological polar surface area (TPSA) is 50.1 Å². The van der Waals surface area contributed by atoms with Crippen LogP contribution in [0.4, 0.5) is 0 Å². The summed E-state index contributed by atoms with van der Waals surface area (Å²) in [6, 6.07) is 11.2. The second-order valence-corrected chi connectivity index (χ2v) is 5.32. The van der Waals surface area contributed by atoms with Gasteiger partial charge in [-0.3, -0.25) is 4.79 Å². The zero-order valence-electron chi connectivity index (χ0n) is 10.6. The quantitative estimate of drug-likeness (QED) is 0.594. The summed E-state index contributed by atoms with van der Waals surface area (Å²) >= 11 is 17.6. The number of nitriles is 1. The van der Waals surface area contributed by atoms with Gasteiger partial charge in [-0.05, 0) is 30.3 Å². The Kier molecular flexibility index (Phi) is 5.08. The molecule has 106 valence electrons. The lowest BCUT2D eigenvalue weighted by atomic mass is 10.1. The van der Waals surface area contributed by atoms with Crippen LogP contribution in [0.1, 0.15) is 15.9 Å². The molecule has 0 atom stereocenters. The van der Waals surface area contributed by atoms with Gasteiger partial charge in [0.25, 0.3) is 0 Å². The standard InChI is InChI=1S/C15H8Cl3NO2/c16-11-5-13(18)15(6-12(11)17)21-8-14(20)10-3-1-9(7-19)2-4-10/h1-6H,8H2. The molecule has 0 N–H and O–H groups in total. The summed E-state index contributed by atoms with van der Waals surface area (Å²) < 4.78 is 5.36. The first kappa shape index (κ1) is 15.7. The van der Waals surface area contributed by atoms with Crippen molar-refractivity contribution in [2.24, 2.45) is 0 Å². The minimum Gasteiger partial charge on any atom is -0.484 e. The molecule has 0 aliphatic carbocycles. The number of hydrogen-bond acceptors (Lipinski definition) is 3. The average molecular weight is 341 g/mol. The molecule has 0 bridgehead atoms. The van der Waals surface area contributed by atoms with Gasteiger partial charge in [0.1, 0.15) is 5.75 Å². The van der Waals surface area contributed by atoms with E-state index in [0.29, 0.717) is 21.2 Å². The minimum absolute atomic E-state index is 0.191. The largest absolute Gasteiger partial charge is 0.484 e. The molecule has 2 aromatic carbocycles. The first-order chi connectivity index (χ1) is 10.0. The molecule has 0 spiro atoms. The van der Waals surface area contributed by atoms with Crippen LogP contribution in [0.3, 0.4) is 0 Å². The van der Waals surface area contributed by atoms with Crippen LogP contribution in [0.2, 0.25) is 15.1 Å². The fourth-order valence-electron chi connectivity index (χ4n) is 1.57. The lowest BCUT2D eigenvalue weighted by Crippen LogP contribution is -2.11. The SMILES string of the molecule is N#Cc1ccc(C(=O)COc2cc(Cl)c(Cl)cc2Cl)cc1. The summed E-state index contributed by atoms with van der Waals surface area (Å²) in [5, 5.41) is 9.58. The zero-order valence-corrected chi connectivity index (χ0v) is 12.8. The first-order valence-corrected chi connectivity index (χ1v) is 6.95. The maximum absolute atomic E-state index is 12.0. The number of ketones is 1. The molecule has 0 aliphatic heterocycles. The fourth-order valence-corrected chi connectivity index (χ4v) is 2.16. The van der Waals surface area contributed by atoms with Gasteiger partial charge in [0.05, 0.1) is 26.7 Å². The molecule has 21 heavy (non-hydrogen) atoms. The van der Waals surface area contributed by atoms with Crippen LogP contribution < -0.4 is 4.74 Å². The molecule has 6 heteroatoms. The first-order valence-electron chi connectivity index (χ1n) is 5.82. The summed E-state index contributed by atoms with van der Waals surface area (Å²) in [6.07, 6.45) is 0. The van der Waals surface area contributed by atoms with Crippen LogP contribution >= 0.6 is 34.8 Å². The molecule has 0 amide bonds. The van der Waals surface area contributed by atoms with E-state index in [1.54, 1.807) is 24.3 Å². The number of Topliss-reactive ketones (excluding diaryl/α,β-unsaturated/α-hetero) is 1. The summed E-state index contributed by atoms with van der Waals surface area (Å²) in [5.41, 5.74) is 0.935. The van der Waals surface area contributed by atoms with Gasteiger partial charge in [0.15, 0.2) is 12.4 Å². The number of halogens is 3. The molecular weight excluding hydrogens is 333 g/mol. The van der Waals surface area contributed by atoms with E-state index in [0.717, 1.165) is 0 Å². The summed E-state index contributed by atoms with van der Waals surface area (Å²) in [5.74, 6) is 0.0506. The van der Waals surface area contributed by atoms with Crippen molar-refractivity contribution in [2.45, 2.75) is 0 Å². The van der Waals surface area contributed by atoms with Gasteiger partial charge < -0.3 is 4.74 Å². The van der Waals surface area contributed by atoms with Crippen LogP contribution in [0.15, 0.2) is 36.4 Å². The number of rotatable bonds is 4. The summed E-state index contributed by atoms with van der Waals surface area (Å²) in [7, 11) is 0. The van der Waals surface area contributed by atoms with Crippen LogP contribution in [-0.4, -0.2) is 12.4 Å². The van der Waals surface area contributed by atoms with Gasteiger partial charge in [-0.1, -0.05) is 34.8 Å². The molecule has 3 nitrogen and oxygen atoms in total. The lowest BCUT2D eigenvalue weighted by molar-refractivity contribution is 0.0921. The number of carbonyl (C=O) groups excluding carboxylic acids is 1. The number of carbonyl (C=O) groups is 1. The van der Waals surface area contributed by atoms with Gasteiger partial charge in [0, 0.05) is 11.6 Å². The van der Waals surface area contributed by atoms with Crippen LogP contribution in [0, 0.1) is 11.3 Å². The maximum Gasteiger partial charge on any atom is 0.200 e. The smallest absolute Gasteiger partial charge is 0.200 e.